The van der Waals surface area contributed by atoms with E-state index in [9.17, 15) is 47.9 Å². The number of benzene rings is 1. The Morgan fingerprint density at radius 2 is 0.690 bits per heavy atom. The number of carbonyl (C=O) groups is 10. The molecule has 100 heavy (non-hydrogen) atoms. The Labute approximate surface area is 606 Å². The largest absolute Gasteiger partial charge is 0.461 e. The highest BCUT2D eigenvalue weighted by molar-refractivity contribution is 5.97. The van der Waals surface area contributed by atoms with E-state index < -0.39 is 59.4 Å². The van der Waals surface area contributed by atoms with Gasteiger partial charge in [-0.1, -0.05) is 137 Å². The quantitative estimate of drug-likeness (QED) is 0.0265. The summed E-state index contributed by atoms with van der Waals surface area (Å²) < 4.78 is 5.16. The van der Waals surface area contributed by atoms with Gasteiger partial charge in [-0.15, -0.1) is 0 Å². The smallest absolute Gasteiger partial charge is 0.306 e. The molecule has 1 aromatic rings. The minimum atomic E-state index is -1.15. The molecule has 0 heterocycles. The Hall–Kier alpha value is -5.72. The van der Waals surface area contributed by atoms with Crippen molar-refractivity contribution in [2.75, 3.05) is 162 Å². The van der Waals surface area contributed by atoms with Crippen LogP contribution < -0.4 is 31.9 Å². The minimum Gasteiger partial charge on any atom is -0.461 e. The number of hydrogen-bond acceptors (Lipinski definition) is 17. The van der Waals surface area contributed by atoms with Gasteiger partial charge >= 0.3 is 5.97 Å². The van der Waals surface area contributed by atoms with E-state index in [-0.39, 0.29) is 86.9 Å². The van der Waals surface area contributed by atoms with Crippen molar-refractivity contribution in [1.82, 2.24) is 61.3 Å². The number of esters is 1. The molecular formula is C77H144N12O11. The summed E-state index contributed by atoms with van der Waals surface area (Å²) in [5.74, 6) is -7.88. The number of carbonyl (C=O) groups excluding carboxylic acids is 10. The van der Waals surface area contributed by atoms with Gasteiger partial charge < -0.3 is 66.0 Å². The molecule has 0 spiro atoms. The molecule has 578 valence electrons. The molecule has 0 saturated heterocycles. The zero-order chi connectivity index (χ0) is 75.5. The standard InChI is InChI=1S/C52H99N9O8.C16H23NO3.C9H22N2/c1-11-14-17-19-24-53-48(65)39-42(35-45(62)34-41(4)50(67)55-25-20-18-15-12-2)47(64)38-43(51(68)57-27-22-29-61(10)33-31-59(7)8)36-46(63)37-44(52(69)56-23-16-13-3)40-49(66)54-26-21-28-60(9)32-30-58(5)6;1-3-4-10-17-16(19)13(2)11-15(18)20-12-14-8-6-5-7-9-14;1-5-6-7-11(4)9-8-10(2)3/h41-44H,11-40H2,1-10H3,(H,53,65)(H,54,66)(H,55,67)(H,56,69)(H,57,68);5-9,13H,3-4,10-12H2,1-2H3,(H,17,19);5-9H2,1-4H3. The fraction of sp³-hybridized carbons (Fsp3) is 0.792. The molecule has 23 heteroatoms. The van der Waals surface area contributed by atoms with E-state index in [0.717, 1.165) is 115 Å². The van der Waals surface area contributed by atoms with Crippen molar-refractivity contribution in [2.45, 2.75) is 209 Å². The average molecular weight is 1410 g/mol. The van der Waals surface area contributed by atoms with Crippen LogP contribution in [0.25, 0.3) is 0 Å². The van der Waals surface area contributed by atoms with Gasteiger partial charge in [0, 0.05) is 141 Å². The summed E-state index contributed by atoms with van der Waals surface area (Å²) in [4.78, 5) is 145. The van der Waals surface area contributed by atoms with Gasteiger partial charge in [0.1, 0.15) is 24.0 Å². The zero-order valence-corrected chi connectivity index (χ0v) is 65.7. The maximum absolute atomic E-state index is 14.3. The molecule has 0 aliphatic carbocycles. The summed E-state index contributed by atoms with van der Waals surface area (Å²) in [6, 6.07) is 9.50. The molecule has 0 saturated carbocycles. The van der Waals surface area contributed by atoms with E-state index in [1.54, 1.807) is 13.8 Å². The van der Waals surface area contributed by atoms with E-state index in [1.807, 2.05) is 79.5 Å². The molecule has 1 rings (SSSR count). The van der Waals surface area contributed by atoms with Crippen LogP contribution in [0.4, 0.5) is 0 Å². The third-order valence-corrected chi connectivity index (χ3v) is 17.2. The van der Waals surface area contributed by atoms with Crippen molar-refractivity contribution in [3.8, 4) is 0 Å². The molecular weight excluding hydrogens is 1270 g/mol. The number of Topliss-reactive ketones (excluding diaryl/α,β-unsaturated/α-hetero) is 3. The number of nitrogens with one attached hydrogen (secondary N) is 6. The van der Waals surface area contributed by atoms with Crippen LogP contribution in [-0.2, 0) is 59.3 Å². The van der Waals surface area contributed by atoms with Crippen molar-refractivity contribution < 1.29 is 52.7 Å². The summed E-state index contributed by atoms with van der Waals surface area (Å²) in [5, 5.41) is 17.3. The number of unbranched alkanes of at least 4 members (excludes halogenated alkanes) is 9. The molecule has 23 nitrogen and oxygen atoms in total. The van der Waals surface area contributed by atoms with Crippen LogP contribution in [0.1, 0.15) is 208 Å². The first-order valence-electron chi connectivity index (χ1n) is 38.0. The van der Waals surface area contributed by atoms with Gasteiger partial charge in [0.05, 0.1) is 18.3 Å². The van der Waals surface area contributed by atoms with Crippen molar-refractivity contribution in [3.05, 3.63) is 35.9 Å². The topological polar surface area (TPSA) is 272 Å². The summed E-state index contributed by atoms with van der Waals surface area (Å²) in [7, 11) is 18.5. The molecule has 5 unspecified atom stereocenters. The van der Waals surface area contributed by atoms with Gasteiger partial charge in [-0.25, -0.2) is 0 Å². The number of ether oxygens (including phenoxy) is 1. The van der Waals surface area contributed by atoms with Gasteiger partial charge in [-0.05, 0) is 134 Å². The molecule has 1 aromatic carbocycles. The first-order chi connectivity index (χ1) is 47.6. The summed E-state index contributed by atoms with van der Waals surface area (Å²) in [6.45, 7) is 25.4. The SMILES string of the molecule is CCCCCCNC(=O)CC(CC(=O)CC(C)C(=O)NCCCCCC)C(=O)CC(CC(=O)CC(CC(=O)NCCCN(C)CCN(C)C)C(=O)NCCCC)C(=O)NCCCN(C)CCN(C)C.CCCCN(C)CCN(C)C.CCCCNC(=O)C(C)CC(=O)OCc1ccccc1. The lowest BCUT2D eigenvalue weighted by Gasteiger charge is -2.22. The molecule has 0 radical (unpaired) electrons. The third-order valence-electron chi connectivity index (χ3n) is 17.2. The second-order valence-electron chi connectivity index (χ2n) is 28.3. The van der Waals surface area contributed by atoms with Crippen LogP contribution in [0, 0.1) is 29.6 Å². The third kappa shape index (κ3) is 56.9. The van der Waals surface area contributed by atoms with Crippen LogP contribution in [0.5, 0.6) is 0 Å². The van der Waals surface area contributed by atoms with Gasteiger partial charge in [0.25, 0.3) is 0 Å². The monoisotopic (exact) mass is 1410 g/mol. The summed E-state index contributed by atoms with van der Waals surface area (Å²) in [5.41, 5.74) is 0.945. The second-order valence-corrected chi connectivity index (χ2v) is 28.3. The normalized spacial score (nSPS) is 12.7. The minimum absolute atomic E-state index is 0.0879. The van der Waals surface area contributed by atoms with Gasteiger partial charge in [-0.2, -0.15) is 0 Å². The predicted octanol–water partition coefficient (Wildman–Crippen LogP) is 8.17. The van der Waals surface area contributed by atoms with Crippen LogP contribution in [-0.4, -0.2) is 250 Å². The highest BCUT2D eigenvalue weighted by Gasteiger charge is 2.33. The lowest BCUT2D eigenvalue weighted by Crippen LogP contribution is -2.39. The second kappa shape index (κ2) is 63.0. The maximum Gasteiger partial charge on any atom is 0.306 e. The lowest BCUT2D eigenvalue weighted by atomic mass is 9.83. The first kappa shape index (κ1) is 96.3. The molecule has 6 N–H and O–H groups in total. The Kier molecular flexibility index (Phi) is 60.7. The number of rotatable bonds is 59. The van der Waals surface area contributed by atoms with E-state index >= 15 is 0 Å². The number of ketones is 3. The Morgan fingerprint density at radius 1 is 0.340 bits per heavy atom. The highest BCUT2D eigenvalue weighted by Crippen LogP contribution is 2.23. The van der Waals surface area contributed by atoms with E-state index in [2.05, 4.69) is 110 Å². The molecule has 6 amide bonds. The van der Waals surface area contributed by atoms with Crippen molar-refractivity contribution >= 4 is 58.8 Å². The predicted molar refractivity (Wildman–Crippen MR) is 405 cm³/mol. The molecule has 0 fully saturated rings. The lowest BCUT2D eigenvalue weighted by molar-refractivity contribution is -0.147. The molecule has 0 bridgehead atoms. The van der Waals surface area contributed by atoms with Crippen molar-refractivity contribution in [1.29, 1.82) is 0 Å². The van der Waals surface area contributed by atoms with Gasteiger partial charge in [-0.3, -0.25) is 47.9 Å². The van der Waals surface area contributed by atoms with Crippen molar-refractivity contribution in [3.63, 3.8) is 0 Å². The number of hydrogen-bond donors (Lipinski definition) is 6. The zero-order valence-electron chi connectivity index (χ0n) is 65.7. The van der Waals surface area contributed by atoms with E-state index in [4.69, 9.17) is 4.74 Å². The van der Waals surface area contributed by atoms with E-state index in [1.165, 1.54) is 32.5 Å². The molecule has 0 aliphatic heterocycles. The summed E-state index contributed by atoms with van der Waals surface area (Å²) >= 11 is 0. The Morgan fingerprint density at radius 3 is 1.13 bits per heavy atom. The average Bonchev–Trinajstić information content (AvgIpc) is 0.870. The molecule has 0 aromatic heterocycles. The number of amides is 6. The summed E-state index contributed by atoms with van der Waals surface area (Å²) in [6.07, 6.45) is 13.4. The fourth-order valence-electron chi connectivity index (χ4n) is 10.4. The van der Waals surface area contributed by atoms with Crippen LogP contribution in [0.15, 0.2) is 30.3 Å². The Bertz CT molecular complexity index is 2350. The van der Waals surface area contributed by atoms with Crippen LogP contribution in [0.3, 0.4) is 0 Å². The van der Waals surface area contributed by atoms with Crippen LogP contribution >= 0.6 is 0 Å². The molecule has 0 aliphatic rings. The maximum atomic E-state index is 14.3. The number of likely N-dealkylation sites (N-methyl/N-ethyl adjacent to an activating group) is 6. The fourth-order valence-corrected chi connectivity index (χ4v) is 10.4. The molecule has 5 atom stereocenters. The van der Waals surface area contributed by atoms with E-state index in [0.29, 0.717) is 58.7 Å². The first-order valence-corrected chi connectivity index (χ1v) is 38.0. The Balaban J connectivity index is 0. The van der Waals surface area contributed by atoms with Crippen LogP contribution in [0.2, 0.25) is 0 Å². The van der Waals surface area contributed by atoms with Crippen molar-refractivity contribution in [2.24, 2.45) is 29.6 Å². The number of nitrogens with zero attached hydrogens (tertiary/aromatic N) is 6. The highest BCUT2D eigenvalue weighted by atomic mass is 16.5. The van der Waals surface area contributed by atoms with Gasteiger partial charge in [0.15, 0.2) is 0 Å². The van der Waals surface area contributed by atoms with Gasteiger partial charge in [0.2, 0.25) is 35.4 Å².